The van der Waals surface area contributed by atoms with E-state index in [0.29, 0.717) is 5.41 Å². The highest BCUT2D eigenvalue weighted by Crippen LogP contribution is 2.25. The number of hydrogen-bond donors (Lipinski definition) is 1. The second kappa shape index (κ2) is 6.64. The van der Waals surface area contributed by atoms with Gasteiger partial charge in [0.25, 0.3) is 0 Å². The fourth-order valence-electron chi connectivity index (χ4n) is 1.84. The van der Waals surface area contributed by atoms with Crippen molar-refractivity contribution in [2.45, 2.75) is 79.7 Å². The zero-order chi connectivity index (χ0) is 12.8. The van der Waals surface area contributed by atoms with Gasteiger partial charge in [-0.2, -0.15) is 0 Å². The normalized spacial score (nSPS) is 15.2. The topological polar surface area (TPSA) is 12.0 Å². The van der Waals surface area contributed by atoms with Crippen LogP contribution in [0.3, 0.4) is 0 Å². The summed E-state index contributed by atoms with van der Waals surface area (Å²) in [6, 6.07) is 0. The highest BCUT2D eigenvalue weighted by molar-refractivity contribution is 4.74. The van der Waals surface area contributed by atoms with Gasteiger partial charge < -0.3 is 5.32 Å². The van der Waals surface area contributed by atoms with Crippen molar-refractivity contribution >= 4 is 0 Å². The lowest BCUT2D eigenvalue weighted by Gasteiger charge is -2.27. The van der Waals surface area contributed by atoms with E-state index in [1.165, 1.54) is 32.2 Å². The third kappa shape index (κ3) is 10.5. The van der Waals surface area contributed by atoms with E-state index < -0.39 is 0 Å². The van der Waals surface area contributed by atoms with Gasteiger partial charge >= 0.3 is 0 Å². The largest absolute Gasteiger partial charge is 0.312 e. The quantitative estimate of drug-likeness (QED) is 0.698. The third-order valence-corrected chi connectivity index (χ3v) is 2.92. The van der Waals surface area contributed by atoms with Gasteiger partial charge in [-0.15, -0.1) is 0 Å². The Kier molecular flexibility index (Phi) is 6.62. The van der Waals surface area contributed by atoms with Crippen LogP contribution >= 0.6 is 0 Å². The van der Waals surface area contributed by atoms with Crippen LogP contribution in [0.4, 0.5) is 0 Å². The van der Waals surface area contributed by atoms with Crippen molar-refractivity contribution in [3.05, 3.63) is 0 Å². The van der Waals surface area contributed by atoms with Gasteiger partial charge in [0.1, 0.15) is 0 Å². The fourth-order valence-corrected chi connectivity index (χ4v) is 1.84. The van der Waals surface area contributed by atoms with Gasteiger partial charge in [0, 0.05) is 5.54 Å². The molecule has 0 spiro atoms. The minimum Gasteiger partial charge on any atom is -0.312 e. The van der Waals surface area contributed by atoms with Gasteiger partial charge in [-0.1, -0.05) is 34.1 Å². The standard InChI is InChI=1S/C15H33N/c1-8-9-13(10-11-14(2,3)4)12-16-15(5,6)7/h13,16H,8-12H2,1-7H3. The molecule has 0 aliphatic rings. The van der Waals surface area contributed by atoms with E-state index in [0.717, 1.165) is 5.92 Å². The van der Waals surface area contributed by atoms with Crippen molar-refractivity contribution in [2.24, 2.45) is 11.3 Å². The highest BCUT2D eigenvalue weighted by Gasteiger charge is 2.17. The van der Waals surface area contributed by atoms with Crippen molar-refractivity contribution in [1.29, 1.82) is 0 Å². The Hall–Kier alpha value is -0.0400. The van der Waals surface area contributed by atoms with Gasteiger partial charge in [0.2, 0.25) is 0 Å². The van der Waals surface area contributed by atoms with Gasteiger partial charge in [-0.3, -0.25) is 0 Å². The Morgan fingerprint density at radius 1 is 0.938 bits per heavy atom. The first-order valence-electron chi connectivity index (χ1n) is 6.89. The first-order valence-corrected chi connectivity index (χ1v) is 6.89. The van der Waals surface area contributed by atoms with Crippen LogP contribution in [0.25, 0.3) is 0 Å². The summed E-state index contributed by atoms with van der Waals surface area (Å²) in [6.45, 7) is 17.2. The molecule has 0 aromatic heterocycles. The first-order chi connectivity index (χ1) is 7.14. The number of rotatable bonds is 6. The summed E-state index contributed by atoms with van der Waals surface area (Å²) in [7, 11) is 0. The molecule has 16 heavy (non-hydrogen) atoms. The molecule has 0 saturated carbocycles. The van der Waals surface area contributed by atoms with E-state index in [1.807, 2.05) is 0 Å². The average Bonchev–Trinajstić information content (AvgIpc) is 2.07. The number of hydrogen-bond acceptors (Lipinski definition) is 1. The van der Waals surface area contributed by atoms with E-state index in [9.17, 15) is 0 Å². The minimum absolute atomic E-state index is 0.258. The van der Waals surface area contributed by atoms with Gasteiger partial charge in [-0.25, -0.2) is 0 Å². The summed E-state index contributed by atoms with van der Waals surface area (Å²) in [4.78, 5) is 0. The van der Waals surface area contributed by atoms with Crippen LogP contribution in [0.2, 0.25) is 0 Å². The molecule has 0 aliphatic carbocycles. The van der Waals surface area contributed by atoms with Gasteiger partial charge in [-0.05, 0) is 57.9 Å². The molecule has 0 aromatic rings. The average molecular weight is 227 g/mol. The molecular formula is C15H33N. The Bertz CT molecular complexity index is 153. The van der Waals surface area contributed by atoms with Crippen molar-refractivity contribution in [2.75, 3.05) is 6.54 Å². The molecule has 1 N–H and O–H groups in total. The molecule has 0 aliphatic heterocycles. The summed E-state index contributed by atoms with van der Waals surface area (Å²) in [6.07, 6.45) is 5.36. The molecule has 0 radical (unpaired) electrons. The zero-order valence-electron chi connectivity index (χ0n) is 12.6. The van der Waals surface area contributed by atoms with E-state index in [1.54, 1.807) is 0 Å². The molecule has 0 fully saturated rings. The summed E-state index contributed by atoms with van der Waals surface area (Å²) in [5.41, 5.74) is 0.738. The maximum Gasteiger partial charge on any atom is 0.00966 e. The maximum absolute atomic E-state index is 3.64. The molecule has 0 aromatic carbocycles. The van der Waals surface area contributed by atoms with Crippen molar-refractivity contribution in [3.63, 3.8) is 0 Å². The molecule has 0 bridgehead atoms. The van der Waals surface area contributed by atoms with Crippen LogP contribution in [0.5, 0.6) is 0 Å². The molecule has 0 rings (SSSR count). The molecule has 98 valence electrons. The molecule has 0 saturated heterocycles. The van der Waals surface area contributed by atoms with Crippen molar-refractivity contribution in [3.8, 4) is 0 Å². The predicted molar refractivity (Wildman–Crippen MR) is 74.8 cm³/mol. The Labute approximate surface area is 103 Å². The van der Waals surface area contributed by atoms with Crippen LogP contribution in [-0.2, 0) is 0 Å². The lowest BCUT2D eigenvalue weighted by atomic mass is 9.85. The second-order valence-electron chi connectivity index (χ2n) is 7.38. The molecular weight excluding hydrogens is 194 g/mol. The molecule has 1 heteroatoms. The molecule has 0 amide bonds. The zero-order valence-corrected chi connectivity index (χ0v) is 12.6. The van der Waals surface area contributed by atoms with Crippen LogP contribution in [0.15, 0.2) is 0 Å². The fraction of sp³-hybridized carbons (Fsp3) is 1.00. The predicted octanol–water partition coefficient (Wildman–Crippen LogP) is 4.62. The smallest absolute Gasteiger partial charge is 0.00966 e. The van der Waals surface area contributed by atoms with Crippen LogP contribution in [0, 0.1) is 11.3 Å². The van der Waals surface area contributed by atoms with Gasteiger partial charge in [0.15, 0.2) is 0 Å². The van der Waals surface area contributed by atoms with Crippen molar-refractivity contribution < 1.29 is 0 Å². The van der Waals surface area contributed by atoms with Crippen LogP contribution < -0.4 is 5.32 Å². The SMILES string of the molecule is CCCC(CCC(C)(C)C)CNC(C)(C)C. The van der Waals surface area contributed by atoms with E-state index in [4.69, 9.17) is 0 Å². The van der Waals surface area contributed by atoms with Crippen molar-refractivity contribution in [1.82, 2.24) is 5.32 Å². The second-order valence-corrected chi connectivity index (χ2v) is 7.38. The molecule has 1 atom stereocenters. The Morgan fingerprint density at radius 2 is 1.50 bits per heavy atom. The van der Waals surface area contributed by atoms with E-state index in [-0.39, 0.29) is 5.54 Å². The van der Waals surface area contributed by atoms with Crippen LogP contribution in [0.1, 0.15) is 74.1 Å². The molecule has 1 nitrogen and oxygen atoms in total. The monoisotopic (exact) mass is 227 g/mol. The van der Waals surface area contributed by atoms with Gasteiger partial charge in [0.05, 0.1) is 0 Å². The molecule has 0 heterocycles. The lowest BCUT2D eigenvalue weighted by molar-refractivity contribution is 0.286. The Balaban J connectivity index is 3.98. The summed E-state index contributed by atoms with van der Waals surface area (Å²) in [5.74, 6) is 0.850. The Morgan fingerprint density at radius 3 is 1.88 bits per heavy atom. The maximum atomic E-state index is 3.64. The third-order valence-electron chi connectivity index (χ3n) is 2.92. The number of nitrogens with one attached hydrogen (secondary N) is 1. The first kappa shape index (κ1) is 16.0. The summed E-state index contributed by atoms with van der Waals surface area (Å²) < 4.78 is 0. The van der Waals surface area contributed by atoms with Crippen LogP contribution in [-0.4, -0.2) is 12.1 Å². The van der Waals surface area contributed by atoms with E-state index in [2.05, 4.69) is 53.8 Å². The minimum atomic E-state index is 0.258. The lowest BCUT2D eigenvalue weighted by Crippen LogP contribution is -2.39. The summed E-state index contributed by atoms with van der Waals surface area (Å²) in [5, 5.41) is 3.64. The molecule has 1 unspecified atom stereocenters. The summed E-state index contributed by atoms with van der Waals surface area (Å²) >= 11 is 0. The highest BCUT2D eigenvalue weighted by atomic mass is 14.9. The van der Waals surface area contributed by atoms with E-state index >= 15 is 0 Å².